The molecule has 0 aliphatic heterocycles. The molecule has 16 heavy (non-hydrogen) atoms. The first-order chi connectivity index (χ1) is 7.20. The van der Waals surface area contributed by atoms with Gasteiger partial charge in [0.15, 0.2) is 0 Å². The molecule has 94 valence electrons. The van der Waals surface area contributed by atoms with Crippen LogP contribution in [0.5, 0.6) is 0 Å². The van der Waals surface area contributed by atoms with Gasteiger partial charge in [0.1, 0.15) is 5.84 Å². The first kappa shape index (κ1) is 15.0. The Kier molecular flexibility index (Phi) is 4.99. The van der Waals surface area contributed by atoms with Gasteiger partial charge < -0.3 is 10.0 Å². The van der Waals surface area contributed by atoms with Gasteiger partial charge >= 0.3 is 6.18 Å². The van der Waals surface area contributed by atoms with Crippen LogP contribution >= 0.6 is 0 Å². The molecule has 0 heterocycles. The minimum absolute atomic E-state index is 0.194. The van der Waals surface area contributed by atoms with E-state index in [-0.39, 0.29) is 6.42 Å². The molecule has 0 saturated carbocycles. The number of hydrogen-bond donors (Lipinski definition) is 1. The molecule has 0 aliphatic rings. The van der Waals surface area contributed by atoms with Crippen LogP contribution in [0.4, 0.5) is 13.2 Å². The quantitative estimate of drug-likeness (QED) is 0.602. The number of hydrogen-bond acceptors (Lipinski definition) is 2. The number of rotatable bonds is 4. The fraction of sp³-hybridized carbons (Fsp3) is 0.700. The molecule has 0 amide bonds. The third kappa shape index (κ3) is 2.98. The SMILES string of the molecule is C=CN=C(N(C)C)C(O)(CCC)C(F)(F)F. The molecule has 3 nitrogen and oxygen atoms in total. The van der Waals surface area contributed by atoms with Crippen molar-refractivity contribution in [1.29, 1.82) is 0 Å². The molecule has 0 spiro atoms. The lowest BCUT2D eigenvalue weighted by atomic mass is 9.95. The molecule has 1 unspecified atom stereocenters. The monoisotopic (exact) mass is 238 g/mol. The van der Waals surface area contributed by atoms with Crippen molar-refractivity contribution in [2.75, 3.05) is 14.1 Å². The number of halogens is 3. The Hall–Kier alpha value is -1.04. The van der Waals surface area contributed by atoms with E-state index in [1.165, 1.54) is 14.1 Å². The molecule has 0 bridgehead atoms. The number of alkyl halides is 3. The highest BCUT2D eigenvalue weighted by Gasteiger charge is 2.57. The second kappa shape index (κ2) is 5.34. The Morgan fingerprint density at radius 3 is 2.19 bits per heavy atom. The summed E-state index contributed by atoms with van der Waals surface area (Å²) in [7, 11) is 2.80. The van der Waals surface area contributed by atoms with Crippen LogP contribution in [0, 0.1) is 0 Å². The molecule has 0 aromatic carbocycles. The highest BCUT2D eigenvalue weighted by Crippen LogP contribution is 2.36. The summed E-state index contributed by atoms with van der Waals surface area (Å²) in [5.41, 5.74) is -2.92. The average molecular weight is 238 g/mol. The lowest BCUT2D eigenvalue weighted by molar-refractivity contribution is -0.235. The van der Waals surface area contributed by atoms with Crippen LogP contribution in [0.15, 0.2) is 17.8 Å². The lowest BCUT2D eigenvalue weighted by Gasteiger charge is -2.34. The zero-order valence-corrected chi connectivity index (χ0v) is 9.67. The third-order valence-corrected chi connectivity index (χ3v) is 2.09. The van der Waals surface area contributed by atoms with Crippen LogP contribution in [0.2, 0.25) is 0 Å². The number of aliphatic hydroxyl groups is 1. The van der Waals surface area contributed by atoms with E-state index in [0.717, 1.165) is 11.1 Å². The maximum atomic E-state index is 12.8. The fourth-order valence-electron chi connectivity index (χ4n) is 1.42. The van der Waals surface area contributed by atoms with Gasteiger partial charge in [-0.3, -0.25) is 0 Å². The second-order valence-corrected chi connectivity index (χ2v) is 3.64. The molecule has 0 fully saturated rings. The Morgan fingerprint density at radius 2 is 1.94 bits per heavy atom. The normalized spacial score (nSPS) is 16.8. The molecule has 0 aliphatic carbocycles. The van der Waals surface area contributed by atoms with Crippen LogP contribution in [-0.2, 0) is 0 Å². The minimum atomic E-state index is -4.75. The fourth-order valence-corrected chi connectivity index (χ4v) is 1.42. The highest BCUT2D eigenvalue weighted by atomic mass is 19.4. The highest BCUT2D eigenvalue weighted by molar-refractivity contribution is 5.91. The predicted octanol–water partition coefficient (Wildman–Crippen LogP) is 2.18. The van der Waals surface area contributed by atoms with E-state index in [1.807, 2.05) is 0 Å². The third-order valence-electron chi connectivity index (χ3n) is 2.09. The zero-order chi connectivity index (χ0) is 13.0. The van der Waals surface area contributed by atoms with Gasteiger partial charge in [-0.15, -0.1) is 0 Å². The Balaban J connectivity index is 5.47. The topological polar surface area (TPSA) is 35.8 Å². The van der Waals surface area contributed by atoms with Crippen molar-refractivity contribution in [3.05, 3.63) is 12.8 Å². The van der Waals surface area contributed by atoms with Crippen molar-refractivity contribution in [1.82, 2.24) is 4.90 Å². The van der Waals surface area contributed by atoms with Gasteiger partial charge in [-0.1, -0.05) is 19.9 Å². The number of likely N-dealkylation sites (N-methyl/N-ethyl adjacent to an activating group) is 1. The van der Waals surface area contributed by atoms with Crippen LogP contribution in [0.3, 0.4) is 0 Å². The molecule has 6 heteroatoms. The zero-order valence-electron chi connectivity index (χ0n) is 9.67. The molecule has 1 atom stereocenters. The minimum Gasteiger partial charge on any atom is -0.374 e. The van der Waals surface area contributed by atoms with Crippen molar-refractivity contribution in [3.63, 3.8) is 0 Å². The van der Waals surface area contributed by atoms with E-state index in [1.54, 1.807) is 6.92 Å². The smallest absolute Gasteiger partial charge is 0.374 e. The van der Waals surface area contributed by atoms with Crippen LogP contribution in [0.1, 0.15) is 19.8 Å². The summed E-state index contributed by atoms with van der Waals surface area (Å²) < 4.78 is 38.5. The molecule has 0 aromatic rings. The summed E-state index contributed by atoms with van der Waals surface area (Å²) in [6.45, 7) is 4.81. The Morgan fingerprint density at radius 1 is 1.44 bits per heavy atom. The van der Waals surface area contributed by atoms with Gasteiger partial charge in [0.25, 0.3) is 0 Å². The molecule has 1 N–H and O–H groups in total. The van der Waals surface area contributed by atoms with Crippen LogP contribution < -0.4 is 0 Å². The predicted molar refractivity (Wildman–Crippen MR) is 57.2 cm³/mol. The molecule has 0 radical (unpaired) electrons. The molecule has 0 rings (SSSR count). The maximum Gasteiger partial charge on any atom is 0.424 e. The van der Waals surface area contributed by atoms with Crippen molar-refractivity contribution in [3.8, 4) is 0 Å². The first-order valence-electron chi connectivity index (χ1n) is 4.86. The van der Waals surface area contributed by atoms with Gasteiger partial charge in [0.05, 0.1) is 0 Å². The Bertz CT molecular complexity index is 274. The van der Waals surface area contributed by atoms with E-state index in [0.29, 0.717) is 0 Å². The Labute approximate surface area is 93.3 Å². The summed E-state index contributed by atoms with van der Waals surface area (Å²) in [6, 6.07) is 0. The number of amidine groups is 1. The first-order valence-corrected chi connectivity index (χ1v) is 4.86. The number of aliphatic imine (C=N–C) groups is 1. The lowest BCUT2D eigenvalue weighted by Crippen LogP contribution is -2.56. The van der Waals surface area contributed by atoms with E-state index in [4.69, 9.17) is 0 Å². The van der Waals surface area contributed by atoms with Gasteiger partial charge in [0.2, 0.25) is 5.60 Å². The maximum absolute atomic E-state index is 12.8. The molecule has 0 aromatic heterocycles. The van der Waals surface area contributed by atoms with Gasteiger partial charge in [-0.25, -0.2) is 4.99 Å². The number of nitrogens with zero attached hydrogens (tertiary/aromatic N) is 2. The van der Waals surface area contributed by atoms with Gasteiger partial charge in [-0.2, -0.15) is 13.2 Å². The van der Waals surface area contributed by atoms with Crippen molar-refractivity contribution in [2.24, 2.45) is 4.99 Å². The van der Waals surface area contributed by atoms with E-state index in [9.17, 15) is 18.3 Å². The van der Waals surface area contributed by atoms with Crippen LogP contribution in [-0.4, -0.2) is 41.7 Å². The van der Waals surface area contributed by atoms with Gasteiger partial charge in [0, 0.05) is 20.3 Å². The largest absolute Gasteiger partial charge is 0.424 e. The molecular weight excluding hydrogens is 221 g/mol. The van der Waals surface area contributed by atoms with Gasteiger partial charge in [-0.05, 0) is 6.42 Å². The standard InChI is InChI=1S/C10H17F3N2O/c1-5-7-9(16,10(11,12)13)8(14-6-2)15(3)4/h6,16H,2,5,7H2,1,3-4H3. The summed E-state index contributed by atoms with van der Waals surface area (Å²) >= 11 is 0. The second-order valence-electron chi connectivity index (χ2n) is 3.64. The van der Waals surface area contributed by atoms with Crippen molar-refractivity contribution >= 4 is 5.84 Å². The molecule has 0 saturated heterocycles. The summed E-state index contributed by atoms with van der Waals surface area (Å²) in [4.78, 5) is 4.66. The van der Waals surface area contributed by atoms with E-state index < -0.39 is 24.0 Å². The summed E-state index contributed by atoms with van der Waals surface area (Å²) in [5.74, 6) is -0.447. The van der Waals surface area contributed by atoms with Crippen molar-refractivity contribution < 1.29 is 18.3 Å². The van der Waals surface area contributed by atoms with E-state index >= 15 is 0 Å². The van der Waals surface area contributed by atoms with Crippen molar-refractivity contribution in [2.45, 2.75) is 31.5 Å². The summed E-state index contributed by atoms with van der Waals surface area (Å²) in [5, 5.41) is 9.76. The average Bonchev–Trinajstić information content (AvgIpc) is 2.12. The van der Waals surface area contributed by atoms with Crippen LogP contribution in [0.25, 0.3) is 0 Å². The molecular formula is C10H17F3N2O. The van der Waals surface area contributed by atoms with E-state index in [2.05, 4.69) is 11.6 Å². The summed E-state index contributed by atoms with van der Waals surface area (Å²) in [6.07, 6.45) is -4.00.